The molecule has 0 spiro atoms. The molecular formula is C15H24N4O. The molecule has 1 atom stereocenters. The number of nitrogens with one attached hydrogen (secondary N) is 2. The third kappa shape index (κ3) is 2.46. The summed E-state index contributed by atoms with van der Waals surface area (Å²) >= 11 is 0. The van der Waals surface area contributed by atoms with Gasteiger partial charge in [-0.3, -0.25) is 14.8 Å². The van der Waals surface area contributed by atoms with Crippen molar-refractivity contribution < 1.29 is 4.79 Å². The summed E-state index contributed by atoms with van der Waals surface area (Å²) in [5, 5.41) is 10.4. The van der Waals surface area contributed by atoms with Gasteiger partial charge in [-0.25, -0.2) is 0 Å². The van der Waals surface area contributed by atoms with Crippen molar-refractivity contribution in [3.63, 3.8) is 0 Å². The number of nitrogens with zero attached hydrogens (tertiary/aromatic N) is 2. The molecule has 3 rings (SSSR count). The van der Waals surface area contributed by atoms with Gasteiger partial charge in [0.1, 0.15) is 0 Å². The van der Waals surface area contributed by atoms with Crippen LogP contribution in [0.3, 0.4) is 0 Å². The van der Waals surface area contributed by atoms with Gasteiger partial charge in [0.2, 0.25) is 5.91 Å². The van der Waals surface area contributed by atoms with Crippen LogP contribution in [-0.2, 0) is 17.6 Å². The molecule has 1 saturated heterocycles. The zero-order chi connectivity index (χ0) is 14.2. The van der Waals surface area contributed by atoms with Crippen LogP contribution in [0.1, 0.15) is 44.4 Å². The minimum Gasteiger partial charge on any atom is -0.351 e. The second-order valence-corrected chi connectivity index (χ2v) is 6.54. The fourth-order valence-electron chi connectivity index (χ4n) is 3.31. The second kappa shape index (κ2) is 5.20. The van der Waals surface area contributed by atoms with Crippen LogP contribution in [0, 0.1) is 0 Å². The van der Waals surface area contributed by atoms with Crippen molar-refractivity contribution in [2.45, 2.75) is 57.5 Å². The van der Waals surface area contributed by atoms with E-state index in [1.165, 1.54) is 24.1 Å². The number of rotatable bonds is 3. The van der Waals surface area contributed by atoms with E-state index in [0.717, 1.165) is 32.4 Å². The number of amides is 1. The van der Waals surface area contributed by atoms with Gasteiger partial charge >= 0.3 is 0 Å². The number of carbonyl (C=O) groups excluding carboxylic acids is 1. The summed E-state index contributed by atoms with van der Waals surface area (Å²) < 4.78 is 0. The smallest absolute Gasteiger partial charge is 0.240 e. The Hall–Kier alpha value is -1.36. The van der Waals surface area contributed by atoms with Gasteiger partial charge in [0.15, 0.2) is 0 Å². The van der Waals surface area contributed by atoms with Crippen LogP contribution in [0.15, 0.2) is 6.20 Å². The lowest BCUT2D eigenvalue weighted by Gasteiger charge is -2.35. The Balaban J connectivity index is 1.62. The highest BCUT2D eigenvalue weighted by Crippen LogP contribution is 2.23. The molecule has 1 unspecified atom stereocenters. The van der Waals surface area contributed by atoms with Gasteiger partial charge in [-0.05, 0) is 58.2 Å². The third-order valence-electron chi connectivity index (χ3n) is 4.81. The van der Waals surface area contributed by atoms with Crippen LogP contribution in [0.25, 0.3) is 0 Å². The summed E-state index contributed by atoms with van der Waals surface area (Å²) in [6.45, 7) is 6.15. The predicted molar refractivity (Wildman–Crippen MR) is 77.4 cm³/mol. The first-order valence-corrected chi connectivity index (χ1v) is 7.64. The zero-order valence-corrected chi connectivity index (χ0v) is 12.4. The number of likely N-dealkylation sites (tertiary alicyclic amines) is 1. The van der Waals surface area contributed by atoms with Crippen molar-refractivity contribution in [1.29, 1.82) is 0 Å². The number of H-pyrrole nitrogens is 1. The molecule has 1 aliphatic heterocycles. The maximum atomic E-state index is 12.6. The molecule has 0 bridgehead atoms. The Labute approximate surface area is 120 Å². The molecule has 2 heterocycles. The van der Waals surface area contributed by atoms with Crippen molar-refractivity contribution in [3.05, 3.63) is 17.5 Å². The highest BCUT2D eigenvalue weighted by Gasteiger charge is 2.37. The number of aromatic amines is 1. The SMILES string of the molecule is CC(C)(C(=O)NC1CCc2cn[nH]c2C1)N1CCCC1. The molecule has 2 aliphatic rings. The van der Waals surface area contributed by atoms with E-state index in [1.54, 1.807) is 0 Å². The monoisotopic (exact) mass is 276 g/mol. The predicted octanol–water partition coefficient (Wildman–Crippen LogP) is 1.26. The summed E-state index contributed by atoms with van der Waals surface area (Å²) in [6.07, 6.45) is 7.20. The molecule has 1 aromatic heterocycles. The van der Waals surface area contributed by atoms with Crippen LogP contribution in [0.5, 0.6) is 0 Å². The molecule has 0 radical (unpaired) electrons. The van der Waals surface area contributed by atoms with E-state index >= 15 is 0 Å². The van der Waals surface area contributed by atoms with Crippen molar-refractivity contribution in [3.8, 4) is 0 Å². The Kier molecular flexibility index (Phi) is 3.54. The Morgan fingerprint density at radius 3 is 2.95 bits per heavy atom. The van der Waals surface area contributed by atoms with E-state index < -0.39 is 5.54 Å². The fraction of sp³-hybridized carbons (Fsp3) is 0.733. The molecule has 1 aromatic rings. The lowest BCUT2D eigenvalue weighted by Crippen LogP contribution is -2.56. The second-order valence-electron chi connectivity index (χ2n) is 6.54. The first-order chi connectivity index (χ1) is 9.57. The van der Waals surface area contributed by atoms with Gasteiger partial charge in [-0.2, -0.15) is 5.10 Å². The minimum absolute atomic E-state index is 0.160. The lowest BCUT2D eigenvalue weighted by molar-refractivity contribution is -0.131. The number of hydrogen-bond donors (Lipinski definition) is 2. The van der Waals surface area contributed by atoms with Gasteiger partial charge in [0.25, 0.3) is 0 Å². The van der Waals surface area contributed by atoms with Gasteiger partial charge in [-0.15, -0.1) is 0 Å². The van der Waals surface area contributed by atoms with Crippen LogP contribution < -0.4 is 5.32 Å². The van der Waals surface area contributed by atoms with Crippen LogP contribution in [0.2, 0.25) is 0 Å². The topological polar surface area (TPSA) is 61.0 Å². The minimum atomic E-state index is -0.398. The fourth-order valence-corrected chi connectivity index (χ4v) is 3.31. The third-order valence-corrected chi connectivity index (χ3v) is 4.81. The van der Waals surface area contributed by atoms with Crippen molar-refractivity contribution >= 4 is 5.91 Å². The molecule has 0 aromatic carbocycles. The Morgan fingerprint density at radius 1 is 1.45 bits per heavy atom. The van der Waals surface area contributed by atoms with E-state index in [1.807, 2.05) is 20.0 Å². The maximum Gasteiger partial charge on any atom is 0.240 e. The number of fused-ring (bicyclic) bond motifs is 1. The summed E-state index contributed by atoms with van der Waals surface area (Å²) in [5.41, 5.74) is 2.08. The number of hydrogen-bond acceptors (Lipinski definition) is 3. The van der Waals surface area contributed by atoms with Crippen LogP contribution >= 0.6 is 0 Å². The van der Waals surface area contributed by atoms with E-state index in [2.05, 4.69) is 20.4 Å². The molecule has 5 nitrogen and oxygen atoms in total. The molecule has 2 N–H and O–H groups in total. The summed E-state index contributed by atoms with van der Waals surface area (Å²) in [7, 11) is 0. The van der Waals surface area contributed by atoms with Gasteiger partial charge in [0.05, 0.1) is 11.7 Å². The van der Waals surface area contributed by atoms with Crippen molar-refractivity contribution in [2.24, 2.45) is 0 Å². The van der Waals surface area contributed by atoms with Gasteiger partial charge in [0, 0.05) is 18.2 Å². The summed E-state index contributed by atoms with van der Waals surface area (Å²) in [4.78, 5) is 14.9. The maximum absolute atomic E-state index is 12.6. The average Bonchev–Trinajstić information content (AvgIpc) is 3.09. The van der Waals surface area contributed by atoms with E-state index in [4.69, 9.17) is 0 Å². The number of aryl methyl sites for hydroxylation is 1. The summed E-state index contributed by atoms with van der Waals surface area (Å²) in [6, 6.07) is 0.234. The standard InChI is InChI=1S/C15H24N4O/c1-15(2,19-7-3-4-8-19)14(20)17-12-6-5-11-10-16-18-13(11)9-12/h10,12H,3-9H2,1-2H3,(H,16,18)(H,17,20). The summed E-state index contributed by atoms with van der Waals surface area (Å²) in [5.74, 6) is 0.160. The highest BCUT2D eigenvalue weighted by molar-refractivity contribution is 5.85. The van der Waals surface area contributed by atoms with Gasteiger partial charge < -0.3 is 5.32 Å². The van der Waals surface area contributed by atoms with E-state index in [-0.39, 0.29) is 11.9 Å². The molecule has 1 amide bonds. The number of aromatic nitrogens is 2. The Morgan fingerprint density at radius 2 is 2.20 bits per heavy atom. The molecule has 110 valence electrons. The molecular weight excluding hydrogens is 252 g/mol. The Bertz CT molecular complexity index is 488. The lowest BCUT2D eigenvalue weighted by atomic mass is 9.92. The average molecular weight is 276 g/mol. The van der Waals surface area contributed by atoms with Crippen LogP contribution in [0.4, 0.5) is 0 Å². The number of carbonyl (C=O) groups is 1. The molecule has 1 fully saturated rings. The normalized spacial score (nSPS) is 23.6. The molecule has 20 heavy (non-hydrogen) atoms. The zero-order valence-electron chi connectivity index (χ0n) is 12.4. The first-order valence-electron chi connectivity index (χ1n) is 7.64. The molecule has 1 aliphatic carbocycles. The highest BCUT2D eigenvalue weighted by atomic mass is 16.2. The van der Waals surface area contributed by atoms with Crippen LogP contribution in [-0.4, -0.2) is 45.7 Å². The van der Waals surface area contributed by atoms with Crippen molar-refractivity contribution in [1.82, 2.24) is 20.4 Å². The molecule has 0 saturated carbocycles. The quantitative estimate of drug-likeness (QED) is 0.873. The molecule has 5 heteroatoms. The van der Waals surface area contributed by atoms with E-state index in [0.29, 0.717) is 0 Å². The van der Waals surface area contributed by atoms with E-state index in [9.17, 15) is 4.79 Å². The van der Waals surface area contributed by atoms with Crippen molar-refractivity contribution in [2.75, 3.05) is 13.1 Å². The van der Waals surface area contributed by atoms with Gasteiger partial charge in [-0.1, -0.05) is 0 Å². The largest absolute Gasteiger partial charge is 0.351 e. The first kappa shape index (κ1) is 13.6.